The number of rotatable bonds is 9. The molecule has 0 bridgehead atoms. The molecule has 0 saturated heterocycles. The average Bonchev–Trinajstić information content (AvgIpc) is 3.17. The van der Waals surface area contributed by atoms with Crippen molar-refractivity contribution in [1.29, 1.82) is 0 Å². The minimum atomic E-state index is -1.94. The number of hydrogen-bond donors (Lipinski definition) is 4. The summed E-state index contributed by atoms with van der Waals surface area (Å²) in [5.41, 5.74) is 0.927. The van der Waals surface area contributed by atoms with Gasteiger partial charge in [0.05, 0.1) is 16.8 Å². The van der Waals surface area contributed by atoms with Crippen molar-refractivity contribution in [2.45, 2.75) is 25.1 Å². The molecule has 3 aromatic rings. The summed E-state index contributed by atoms with van der Waals surface area (Å²) in [4.78, 5) is 35.7. The topological polar surface area (TPSA) is 142 Å². The standard InChI is InChI=1S/C22H18Cl3N3O6/c23-12-5-6-13(15(25)8-12)18-9-17(27-28(18)10-19(29)30)21(32)26-16(20(31)22(33)34)7-11-3-1-2-4-14(11)24/h1-6,8-9,16,20,31H,7,10H2,(H,26,32)(H,29,30)(H,33,34)/t16-,20-/m1/s1. The highest BCUT2D eigenvalue weighted by atomic mass is 35.5. The van der Waals surface area contributed by atoms with Crippen molar-refractivity contribution in [2.75, 3.05) is 0 Å². The molecule has 1 aromatic heterocycles. The predicted molar refractivity (Wildman–Crippen MR) is 125 cm³/mol. The highest BCUT2D eigenvalue weighted by Crippen LogP contribution is 2.31. The summed E-state index contributed by atoms with van der Waals surface area (Å²) < 4.78 is 1.07. The fourth-order valence-electron chi connectivity index (χ4n) is 3.25. The van der Waals surface area contributed by atoms with Crippen molar-refractivity contribution in [3.63, 3.8) is 0 Å². The summed E-state index contributed by atoms with van der Waals surface area (Å²) in [7, 11) is 0. The van der Waals surface area contributed by atoms with Gasteiger partial charge in [-0.05, 0) is 42.3 Å². The second-order valence-corrected chi connectivity index (χ2v) is 8.50. The second kappa shape index (κ2) is 10.9. The maximum atomic E-state index is 13.0. The Morgan fingerprint density at radius 3 is 2.32 bits per heavy atom. The first-order valence-corrected chi connectivity index (χ1v) is 10.9. The number of amides is 1. The van der Waals surface area contributed by atoms with Gasteiger partial charge in [0.2, 0.25) is 0 Å². The Labute approximate surface area is 208 Å². The number of carboxylic acid groups (broad SMARTS) is 2. The third kappa shape index (κ3) is 6.06. The first-order valence-electron chi connectivity index (χ1n) is 9.77. The Kier molecular flexibility index (Phi) is 8.16. The number of aliphatic hydroxyl groups is 1. The number of carbonyl (C=O) groups excluding carboxylic acids is 1. The zero-order valence-electron chi connectivity index (χ0n) is 17.3. The van der Waals surface area contributed by atoms with Crippen LogP contribution in [-0.2, 0) is 22.6 Å². The van der Waals surface area contributed by atoms with Crippen molar-refractivity contribution >= 4 is 52.6 Å². The highest BCUT2D eigenvalue weighted by Gasteiger charge is 2.30. The number of carbonyl (C=O) groups is 3. The van der Waals surface area contributed by atoms with Gasteiger partial charge in [-0.2, -0.15) is 5.10 Å². The molecule has 2 aromatic carbocycles. The number of nitrogens with zero attached hydrogens (tertiary/aromatic N) is 2. The summed E-state index contributed by atoms with van der Waals surface area (Å²) >= 11 is 18.3. The maximum Gasteiger partial charge on any atom is 0.334 e. The van der Waals surface area contributed by atoms with E-state index in [0.717, 1.165) is 4.68 Å². The number of aliphatic carboxylic acids is 2. The van der Waals surface area contributed by atoms with Crippen molar-refractivity contribution in [3.8, 4) is 11.3 Å². The predicted octanol–water partition coefficient (Wildman–Crippen LogP) is 3.38. The van der Waals surface area contributed by atoms with E-state index in [1.807, 2.05) is 0 Å². The molecular weight excluding hydrogens is 509 g/mol. The van der Waals surface area contributed by atoms with Gasteiger partial charge in [-0.3, -0.25) is 14.3 Å². The van der Waals surface area contributed by atoms with E-state index in [1.165, 1.54) is 12.1 Å². The summed E-state index contributed by atoms with van der Waals surface area (Å²) in [5.74, 6) is -3.57. The molecule has 0 spiro atoms. The number of hydrogen-bond acceptors (Lipinski definition) is 5. The molecule has 1 amide bonds. The van der Waals surface area contributed by atoms with E-state index in [2.05, 4.69) is 10.4 Å². The number of aromatic nitrogens is 2. The first-order chi connectivity index (χ1) is 16.1. The molecule has 0 fully saturated rings. The molecule has 12 heteroatoms. The molecule has 0 aliphatic carbocycles. The Balaban J connectivity index is 1.95. The van der Waals surface area contributed by atoms with Crippen molar-refractivity contribution in [2.24, 2.45) is 0 Å². The van der Waals surface area contributed by atoms with Crippen LogP contribution in [0.3, 0.4) is 0 Å². The molecule has 0 aliphatic heterocycles. The normalized spacial score (nSPS) is 12.7. The van der Waals surface area contributed by atoms with Gasteiger partial charge in [-0.25, -0.2) is 4.79 Å². The molecule has 0 saturated carbocycles. The van der Waals surface area contributed by atoms with Crippen LogP contribution in [0.1, 0.15) is 16.1 Å². The van der Waals surface area contributed by atoms with Crippen LogP contribution in [0.4, 0.5) is 0 Å². The number of benzene rings is 2. The first kappa shape index (κ1) is 25.5. The van der Waals surface area contributed by atoms with E-state index in [0.29, 0.717) is 21.2 Å². The van der Waals surface area contributed by atoms with E-state index in [-0.39, 0.29) is 22.8 Å². The maximum absolute atomic E-state index is 13.0. The van der Waals surface area contributed by atoms with Crippen molar-refractivity contribution in [3.05, 3.63) is 74.9 Å². The van der Waals surface area contributed by atoms with Gasteiger partial charge in [0.25, 0.3) is 5.91 Å². The molecule has 3 rings (SSSR count). The third-order valence-corrected chi connectivity index (χ3v) is 5.77. The van der Waals surface area contributed by atoms with Gasteiger partial charge in [0.15, 0.2) is 11.8 Å². The average molecular weight is 527 g/mol. The Bertz CT molecular complexity index is 1250. The highest BCUT2D eigenvalue weighted by molar-refractivity contribution is 6.36. The van der Waals surface area contributed by atoms with Gasteiger partial charge in [-0.1, -0.05) is 53.0 Å². The number of nitrogens with one attached hydrogen (secondary N) is 1. The Morgan fingerprint density at radius 1 is 1.00 bits per heavy atom. The van der Waals surface area contributed by atoms with Crippen molar-refractivity contribution in [1.82, 2.24) is 15.1 Å². The van der Waals surface area contributed by atoms with Gasteiger partial charge in [0.1, 0.15) is 6.54 Å². The molecule has 4 N–H and O–H groups in total. The molecule has 0 aliphatic rings. The van der Waals surface area contributed by atoms with E-state index in [9.17, 15) is 29.7 Å². The molecule has 178 valence electrons. The van der Waals surface area contributed by atoms with E-state index < -0.39 is 36.5 Å². The minimum absolute atomic E-state index is 0.0788. The SMILES string of the molecule is O=C(O)Cn1nc(C(=O)N[C@H](Cc2ccccc2Cl)[C@@H](O)C(=O)O)cc1-c1ccc(Cl)cc1Cl. The molecule has 9 nitrogen and oxygen atoms in total. The second-order valence-electron chi connectivity index (χ2n) is 7.25. The largest absolute Gasteiger partial charge is 0.480 e. The smallest absolute Gasteiger partial charge is 0.334 e. The van der Waals surface area contributed by atoms with Crippen LogP contribution in [0.5, 0.6) is 0 Å². The molecular formula is C22H18Cl3N3O6. The molecule has 1 heterocycles. The van der Waals surface area contributed by atoms with Gasteiger partial charge < -0.3 is 20.6 Å². The zero-order valence-corrected chi connectivity index (χ0v) is 19.6. The van der Waals surface area contributed by atoms with Crippen LogP contribution in [0.15, 0.2) is 48.5 Å². The van der Waals surface area contributed by atoms with Crippen LogP contribution < -0.4 is 5.32 Å². The molecule has 0 radical (unpaired) electrons. The Morgan fingerprint density at radius 2 is 1.71 bits per heavy atom. The van der Waals surface area contributed by atoms with Crippen LogP contribution >= 0.6 is 34.8 Å². The van der Waals surface area contributed by atoms with Crippen molar-refractivity contribution < 1.29 is 29.7 Å². The van der Waals surface area contributed by atoms with Crippen LogP contribution in [0.25, 0.3) is 11.3 Å². The lowest BCUT2D eigenvalue weighted by atomic mass is 10.0. The van der Waals surface area contributed by atoms with Crippen LogP contribution in [-0.4, -0.2) is 55.1 Å². The fraction of sp³-hybridized carbons (Fsp3) is 0.182. The lowest BCUT2D eigenvalue weighted by Crippen LogP contribution is -2.48. The number of halogens is 3. The fourth-order valence-corrected chi connectivity index (χ4v) is 3.97. The van der Waals surface area contributed by atoms with E-state index in [4.69, 9.17) is 34.8 Å². The lowest BCUT2D eigenvalue weighted by Gasteiger charge is -2.21. The lowest BCUT2D eigenvalue weighted by molar-refractivity contribution is -0.148. The summed E-state index contributed by atoms with van der Waals surface area (Å²) in [6.07, 6.45) is -2.02. The van der Waals surface area contributed by atoms with E-state index >= 15 is 0 Å². The monoisotopic (exact) mass is 525 g/mol. The van der Waals surface area contributed by atoms with Crippen LogP contribution in [0.2, 0.25) is 15.1 Å². The summed E-state index contributed by atoms with van der Waals surface area (Å²) in [5, 5.41) is 36.1. The number of aliphatic hydroxyl groups excluding tert-OH is 1. The molecule has 0 unspecified atom stereocenters. The van der Waals surface area contributed by atoms with Crippen LogP contribution in [0, 0.1) is 0 Å². The molecule has 34 heavy (non-hydrogen) atoms. The Hall–Kier alpha value is -3.11. The van der Waals surface area contributed by atoms with Gasteiger partial charge in [0, 0.05) is 15.6 Å². The third-order valence-electron chi connectivity index (χ3n) is 4.85. The van der Waals surface area contributed by atoms with E-state index in [1.54, 1.807) is 36.4 Å². The minimum Gasteiger partial charge on any atom is -0.480 e. The molecule has 2 atom stereocenters. The van der Waals surface area contributed by atoms with Gasteiger partial charge in [-0.15, -0.1) is 0 Å². The summed E-state index contributed by atoms with van der Waals surface area (Å²) in [6, 6.07) is 11.2. The number of carboxylic acids is 2. The zero-order chi connectivity index (χ0) is 25.0. The summed E-state index contributed by atoms with van der Waals surface area (Å²) in [6.45, 7) is -0.567. The van der Waals surface area contributed by atoms with Gasteiger partial charge >= 0.3 is 11.9 Å². The quantitative estimate of drug-likeness (QED) is 0.335.